The topological polar surface area (TPSA) is 49.4 Å². The largest absolute Gasteiger partial charge is 0.318 e. The fraction of sp³-hybridized carbons (Fsp3) is 1.00. The minimum Gasteiger partial charge on any atom is -0.318 e. The molecule has 0 unspecified atom stereocenters. The van der Waals surface area contributed by atoms with Crippen molar-refractivity contribution in [2.75, 3.05) is 25.9 Å². The Hall–Kier alpha value is -0.130. The number of nitrogens with one attached hydrogen (secondary N) is 1. The predicted molar refractivity (Wildman–Crippen MR) is 64.5 cm³/mol. The first-order valence-electron chi connectivity index (χ1n) is 5.59. The molecule has 0 spiro atoms. The smallest absolute Gasteiger partial charge is 0.214 e. The number of likely N-dealkylation sites (N-methyl/N-ethyl adjacent to an activating group) is 1. The first-order chi connectivity index (χ1) is 6.95. The summed E-state index contributed by atoms with van der Waals surface area (Å²) in [7, 11) is -1.23. The minimum absolute atomic E-state index is 0.0419. The SMILES string of the molecule is CCCCS(=O)(=O)N(CCNC)C(C)C. The van der Waals surface area contributed by atoms with Crippen LogP contribution in [0.25, 0.3) is 0 Å². The number of hydrogen-bond donors (Lipinski definition) is 1. The molecule has 0 rings (SSSR count). The number of hydrogen-bond acceptors (Lipinski definition) is 3. The second-order valence-corrected chi connectivity index (χ2v) is 6.02. The van der Waals surface area contributed by atoms with Crippen LogP contribution in [-0.2, 0) is 10.0 Å². The van der Waals surface area contributed by atoms with Crippen molar-refractivity contribution < 1.29 is 8.42 Å². The van der Waals surface area contributed by atoms with E-state index in [1.54, 1.807) is 4.31 Å². The van der Waals surface area contributed by atoms with E-state index in [9.17, 15) is 8.42 Å². The molecule has 0 bridgehead atoms. The van der Waals surface area contributed by atoms with Crippen molar-refractivity contribution in [3.63, 3.8) is 0 Å². The van der Waals surface area contributed by atoms with Crippen molar-refractivity contribution in [2.24, 2.45) is 0 Å². The fourth-order valence-electron chi connectivity index (χ4n) is 1.38. The summed E-state index contributed by atoms with van der Waals surface area (Å²) in [6.07, 6.45) is 1.66. The number of rotatable bonds is 8. The molecule has 0 amide bonds. The molecule has 0 saturated carbocycles. The molecule has 0 aromatic carbocycles. The van der Waals surface area contributed by atoms with Crippen LogP contribution >= 0.6 is 0 Å². The van der Waals surface area contributed by atoms with Gasteiger partial charge in [0.25, 0.3) is 0 Å². The fourth-order valence-corrected chi connectivity index (χ4v) is 3.28. The van der Waals surface area contributed by atoms with Crippen LogP contribution in [0.15, 0.2) is 0 Å². The van der Waals surface area contributed by atoms with Gasteiger partial charge in [0.15, 0.2) is 0 Å². The lowest BCUT2D eigenvalue weighted by Crippen LogP contribution is -2.42. The average Bonchev–Trinajstić information content (AvgIpc) is 2.14. The summed E-state index contributed by atoms with van der Waals surface area (Å²) in [6, 6.07) is 0.0419. The minimum atomic E-state index is -3.06. The first-order valence-corrected chi connectivity index (χ1v) is 7.20. The number of sulfonamides is 1. The van der Waals surface area contributed by atoms with E-state index in [1.807, 2.05) is 27.8 Å². The lowest BCUT2D eigenvalue weighted by molar-refractivity contribution is 0.353. The van der Waals surface area contributed by atoms with Crippen LogP contribution in [0, 0.1) is 0 Å². The van der Waals surface area contributed by atoms with Gasteiger partial charge in [-0.1, -0.05) is 13.3 Å². The third-order valence-corrected chi connectivity index (χ3v) is 4.39. The van der Waals surface area contributed by atoms with Crippen LogP contribution in [0.4, 0.5) is 0 Å². The predicted octanol–water partition coefficient (Wildman–Crippen LogP) is 1.05. The molecule has 0 aliphatic rings. The summed E-state index contributed by atoms with van der Waals surface area (Å²) >= 11 is 0. The molecular weight excluding hydrogens is 212 g/mol. The van der Waals surface area contributed by atoms with Crippen LogP contribution in [0.1, 0.15) is 33.6 Å². The van der Waals surface area contributed by atoms with Crippen molar-refractivity contribution >= 4 is 10.0 Å². The van der Waals surface area contributed by atoms with Gasteiger partial charge >= 0.3 is 0 Å². The molecule has 0 radical (unpaired) electrons. The molecule has 0 heterocycles. The molecule has 92 valence electrons. The Morgan fingerprint density at radius 1 is 1.33 bits per heavy atom. The van der Waals surface area contributed by atoms with Crippen LogP contribution in [-0.4, -0.2) is 44.7 Å². The maximum Gasteiger partial charge on any atom is 0.214 e. The zero-order valence-corrected chi connectivity index (χ0v) is 11.1. The van der Waals surface area contributed by atoms with E-state index in [-0.39, 0.29) is 11.8 Å². The molecule has 5 heteroatoms. The number of nitrogens with zero attached hydrogens (tertiary/aromatic N) is 1. The van der Waals surface area contributed by atoms with Crippen LogP contribution < -0.4 is 5.32 Å². The molecular formula is C10H24N2O2S. The maximum absolute atomic E-state index is 11.9. The van der Waals surface area contributed by atoms with E-state index >= 15 is 0 Å². The summed E-state index contributed by atoms with van der Waals surface area (Å²) < 4.78 is 25.5. The molecule has 0 saturated heterocycles. The van der Waals surface area contributed by atoms with Gasteiger partial charge in [0.1, 0.15) is 0 Å². The Labute approximate surface area is 94.1 Å². The third kappa shape index (κ3) is 5.49. The van der Waals surface area contributed by atoms with Crippen molar-refractivity contribution in [3.8, 4) is 0 Å². The molecule has 1 N–H and O–H groups in total. The molecule has 0 aliphatic heterocycles. The van der Waals surface area contributed by atoms with Crippen molar-refractivity contribution in [2.45, 2.75) is 39.7 Å². The molecule has 0 aliphatic carbocycles. The van der Waals surface area contributed by atoms with Crippen LogP contribution in [0.2, 0.25) is 0 Å². The Balaban J connectivity index is 4.45. The van der Waals surface area contributed by atoms with Gasteiger partial charge in [0, 0.05) is 19.1 Å². The highest BCUT2D eigenvalue weighted by atomic mass is 32.2. The Kier molecular flexibility index (Phi) is 7.13. The molecule has 0 fully saturated rings. The van der Waals surface area contributed by atoms with Crippen molar-refractivity contribution in [1.29, 1.82) is 0 Å². The normalized spacial score (nSPS) is 12.7. The monoisotopic (exact) mass is 236 g/mol. The van der Waals surface area contributed by atoms with Crippen LogP contribution in [0.3, 0.4) is 0 Å². The maximum atomic E-state index is 11.9. The quantitative estimate of drug-likeness (QED) is 0.685. The Bertz CT molecular complexity index is 250. The van der Waals surface area contributed by atoms with Gasteiger partial charge < -0.3 is 5.32 Å². The summed E-state index contributed by atoms with van der Waals surface area (Å²) in [5.74, 6) is 0.269. The van der Waals surface area contributed by atoms with Gasteiger partial charge in [-0.05, 0) is 27.3 Å². The van der Waals surface area contributed by atoms with Gasteiger partial charge in [-0.2, -0.15) is 4.31 Å². The van der Waals surface area contributed by atoms with Gasteiger partial charge in [0.2, 0.25) is 10.0 Å². The van der Waals surface area contributed by atoms with Crippen LogP contribution in [0.5, 0.6) is 0 Å². The zero-order chi connectivity index (χ0) is 11.9. The Morgan fingerprint density at radius 3 is 2.33 bits per heavy atom. The van der Waals surface area contributed by atoms with E-state index in [1.165, 1.54) is 0 Å². The summed E-state index contributed by atoms with van der Waals surface area (Å²) in [5.41, 5.74) is 0. The lowest BCUT2D eigenvalue weighted by Gasteiger charge is -2.25. The lowest BCUT2D eigenvalue weighted by atomic mass is 10.4. The standard InChI is InChI=1S/C10H24N2O2S/c1-5-6-9-15(13,14)12(10(2)3)8-7-11-4/h10-11H,5-9H2,1-4H3. The second kappa shape index (κ2) is 7.19. The van der Waals surface area contributed by atoms with Gasteiger partial charge in [-0.3, -0.25) is 0 Å². The Morgan fingerprint density at radius 2 is 1.93 bits per heavy atom. The van der Waals surface area contributed by atoms with E-state index in [4.69, 9.17) is 0 Å². The molecule has 0 atom stereocenters. The highest BCUT2D eigenvalue weighted by Crippen LogP contribution is 2.08. The second-order valence-electron chi connectivity index (χ2n) is 3.98. The summed E-state index contributed by atoms with van der Waals surface area (Å²) in [4.78, 5) is 0. The highest BCUT2D eigenvalue weighted by molar-refractivity contribution is 7.89. The molecule has 0 aromatic heterocycles. The van der Waals surface area contributed by atoms with E-state index in [0.717, 1.165) is 12.8 Å². The van der Waals surface area contributed by atoms with E-state index in [2.05, 4.69) is 5.32 Å². The van der Waals surface area contributed by atoms with Gasteiger partial charge in [0.05, 0.1) is 5.75 Å². The first kappa shape index (κ1) is 14.9. The third-order valence-electron chi connectivity index (χ3n) is 2.27. The van der Waals surface area contributed by atoms with Crippen molar-refractivity contribution in [3.05, 3.63) is 0 Å². The van der Waals surface area contributed by atoms with Crippen molar-refractivity contribution in [1.82, 2.24) is 9.62 Å². The zero-order valence-electron chi connectivity index (χ0n) is 10.3. The van der Waals surface area contributed by atoms with Gasteiger partial charge in [-0.15, -0.1) is 0 Å². The summed E-state index contributed by atoms with van der Waals surface area (Å²) in [5, 5.41) is 2.98. The summed E-state index contributed by atoms with van der Waals surface area (Å²) in [6.45, 7) is 7.09. The van der Waals surface area contributed by atoms with E-state index in [0.29, 0.717) is 13.1 Å². The molecule has 0 aromatic rings. The van der Waals surface area contributed by atoms with E-state index < -0.39 is 10.0 Å². The molecule has 15 heavy (non-hydrogen) atoms. The molecule has 4 nitrogen and oxygen atoms in total. The number of unbranched alkanes of at least 4 members (excludes halogenated alkanes) is 1. The average molecular weight is 236 g/mol. The van der Waals surface area contributed by atoms with Gasteiger partial charge in [-0.25, -0.2) is 8.42 Å². The highest BCUT2D eigenvalue weighted by Gasteiger charge is 2.23.